The van der Waals surface area contributed by atoms with E-state index in [2.05, 4.69) is 10.3 Å². The molecule has 2 aliphatic heterocycles. The molecular formula is C16H21F2N3O2. The van der Waals surface area contributed by atoms with Gasteiger partial charge >= 0.3 is 5.92 Å². The summed E-state index contributed by atoms with van der Waals surface area (Å²) in [5.41, 5.74) is 1.67. The van der Waals surface area contributed by atoms with Crippen LogP contribution in [0, 0.1) is 0 Å². The number of fused-ring (bicyclic) bond motifs is 1. The number of carbonyl (C=O) groups is 2. The quantitative estimate of drug-likeness (QED) is 0.621. The lowest BCUT2D eigenvalue weighted by Crippen LogP contribution is -2.47. The van der Waals surface area contributed by atoms with E-state index in [4.69, 9.17) is 0 Å². The fourth-order valence-electron chi connectivity index (χ4n) is 2.65. The maximum Gasteiger partial charge on any atom is 0.322 e. The Labute approximate surface area is 134 Å². The Morgan fingerprint density at radius 2 is 2.26 bits per heavy atom. The van der Waals surface area contributed by atoms with Gasteiger partial charge in [-0.25, -0.2) is 0 Å². The fraction of sp³-hybridized carbons (Fsp3) is 0.562. The molecule has 0 aliphatic carbocycles. The minimum atomic E-state index is -3.41. The highest BCUT2D eigenvalue weighted by molar-refractivity contribution is 5.96. The lowest BCUT2D eigenvalue weighted by atomic mass is 10.0. The van der Waals surface area contributed by atoms with Crippen molar-refractivity contribution in [1.82, 2.24) is 10.2 Å². The van der Waals surface area contributed by atoms with Crippen LogP contribution in [0.15, 0.2) is 28.8 Å². The Hall–Kier alpha value is -2.05. The highest BCUT2D eigenvalue weighted by atomic mass is 19.3. The largest absolute Gasteiger partial charge is 0.358 e. The molecule has 2 rings (SSSR count). The number of amides is 2. The van der Waals surface area contributed by atoms with Gasteiger partial charge in [-0.05, 0) is 37.0 Å². The summed E-state index contributed by atoms with van der Waals surface area (Å²) in [6.07, 6.45) is 8.23. The van der Waals surface area contributed by atoms with Crippen LogP contribution < -0.4 is 5.32 Å². The van der Waals surface area contributed by atoms with Crippen LogP contribution in [-0.2, 0) is 9.59 Å². The third-order valence-electron chi connectivity index (χ3n) is 3.83. The van der Waals surface area contributed by atoms with E-state index in [-0.39, 0.29) is 6.54 Å². The molecule has 5 nitrogen and oxygen atoms in total. The highest BCUT2D eigenvalue weighted by Crippen LogP contribution is 2.25. The Kier molecular flexibility index (Phi) is 5.63. The van der Waals surface area contributed by atoms with Gasteiger partial charge in [0.15, 0.2) is 0 Å². The summed E-state index contributed by atoms with van der Waals surface area (Å²) in [5.74, 6) is -4.61. The molecule has 7 heteroatoms. The third kappa shape index (κ3) is 4.71. The van der Waals surface area contributed by atoms with Crippen molar-refractivity contribution in [2.24, 2.45) is 4.99 Å². The van der Waals surface area contributed by atoms with Gasteiger partial charge in [-0.3, -0.25) is 14.6 Å². The number of hydrogen-bond donors (Lipinski definition) is 1. The molecule has 0 aromatic carbocycles. The van der Waals surface area contributed by atoms with Gasteiger partial charge in [0, 0.05) is 32.1 Å². The average molecular weight is 325 g/mol. The highest BCUT2D eigenvalue weighted by Gasteiger charge is 2.39. The van der Waals surface area contributed by atoms with Crippen molar-refractivity contribution >= 4 is 18.0 Å². The topological polar surface area (TPSA) is 61.8 Å². The molecule has 0 spiro atoms. The molecule has 1 unspecified atom stereocenters. The van der Waals surface area contributed by atoms with Gasteiger partial charge in [0.2, 0.25) is 6.41 Å². The van der Waals surface area contributed by atoms with Gasteiger partial charge in [0.05, 0.1) is 0 Å². The number of nitrogens with zero attached hydrogens (tertiary/aromatic N) is 2. The molecule has 2 heterocycles. The molecule has 2 bridgehead atoms. The van der Waals surface area contributed by atoms with Crippen molar-refractivity contribution in [3.05, 3.63) is 23.8 Å². The first-order chi connectivity index (χ1) is 10.9. The monoisotopic (exact) mass is 325 g/mol. The molecule has 23 heavy (non-hydrogen) atoms. The zero-order chi connectivity index (χ0) is 16.9. The molecule has 0 fully saturated rings. The van der Waals surface area contributed by atoms with Gasteiger partial charge in [-0.1, -0.05) is 6.08 Å². The first-order valence-corrected chi connectivity index (χ1v) is 7.73. The van der Waals surface area contributed by atoms with Crippen LogP contribution in [0.4, 0.5) is 8.78 Å². The van der Waals surface area contributed by atoms with E-state index in [0.29, 0.717) is 38.4 Å². The number of halogens is 2. The minimum Gasteiger partial charge on any atom is -0.358 e. The average Bonchev–Trinajstić information content (AvgIpc) is 2.68. The van der Waals surface area contributed by atoms with Crippen molar-refractivity contribution < 1.29 is 18.4 Å². The first-order valence-electron chi connectivity index (χ1n) is 7.73. The SMILES string of the molecule is CC(F)(F)C(=O)N1CCCCC2=CC1N=C(CCNC=O)C=C2. The number of rotatable bonds is 5. The summed E-state index contributed by atoms with van der Waals surface area (Å²) in [5, 5.41) is 2.55. The Balaban J connectivity index is 2.26. The van der Waals surface area contributed by atoms with Crippen molar-refractivity contribution in [2.75, 3.05) is 13.1 Å². The maximum absolute atomic E-state index is 13.5. The lowest BCUT2D eigenvalue weighted by Gasteiger charge is -2.31. The van der Waals surface area contributed by atoms with Gasteiger partial charge in [0.1, 0.15) is 6.17 Å². The van der Waals surface area contributed by atoms with Crippen LogP contribution in [0.25, 0.3) is 0 Å². The summed E-state index contributed by atoms with van der Waals surface area (Å²) >= 11 is 0. The minimum absolute atomic E-state index is 0.264. The van der Waals surface area contributed by atoms with Crippen LogP contribution in [0.1, 0.15) is 32.6 Å². The second-order valence-corrected chi connectivity index (χ2v) is 5.77. The summed E-state index contributed by atoms with van der Waals surface area (Å²) in [6.45, 7) is 1.29. The number of nitrogens with one attached hydrogen (secondary N) is 1. The standard InChI is InChI=1S/C16H21F2N3O2/c1-16(17,18)15(23)21-9-3-2-4-12-5-6-13(7-8-19-11-22)20-14(21)10-12/h5-6,10-11,14H,2-4,7-9H2,1H3,(H,19,22). The fourth-order valence-corrected chi connectivity index (χ4v) is 2.65. The molecular weight excluding hydrogens is 304 g/mol. The lowest BCUT2D eigenvalue weighted by molar-refractivity contribution is -0.156. The van der Waals surface area contributed by atoms with E-state index in [1.807, 2.05) is 12.2 Å². The second kappa shape index (κ2) is 7.48. The van der Waals surface area contributed by atoms with Gasteiger partial charge in [-0.15, -0.1) is 0 Å². The number of allylic oxidation sites excluding steroid dienone is 3. The van der Waals surface area contributed by atoms with Gasteiger partial charge in [0.25, 0.3) is 5.91 Å². The summed E-state index contributed by atoms with van der Waals surface area (Å²) in [4.78, 5) is 28.0. The molecule has 0 aromatic rings. The maximum atomic E-state index is 13.5. The zero-order valence-corrected chi connectivity index (χ0v) is 13.1. The molecule has 0 saturated heterocycles. The van der Waals surface area contributed by atoms with Crippen LogP contribution in [0.5, 0.6) is 0 Å². The Bertz CT molecular complexity index is 550. The molecule has 2 amide bonds. The molecule has 126 valence electrons. The van der Waals surface area contributed by atoms with Crippen LogP contribution in [0.3, 0.4) is 0 Å². The second-order valence-electron chi connectivity index (χ2n) is 5.77. The van der Waals surface area contributed by atoms with E-state index in [0.717, 1.165) is 23.3 Å². The number of hydrogen-bond acceptors (Lipinski definition) is 3. The molecule has 2 aliphatic rings. The summed E-state index contributed by atoms with van der Waals surface area (Å²) in [6, 6.07) is 0. The Morgan fingerprint density at radius 3 is 2.96 bits per heavy atom. The molecule has 0 saturated carbocycles. The van der Waals surface area contributed by atoms with Crippen molar-refractivity contribution in [1.29, 1.82) is 0 Å². The van der Waals surface area contributed by atoms with Gasteiger partial charge < -0.3 is 10.2 Å². The van der Waals surface area contributed by atoms with Crippen LogP contribution in [-0.4, -0.2) is 48.1 Å². The first kappa shape index (κ1) is 17.3. The van der Waals surface area contributed by atoms with Crippen LogP contribution >= 0.6 is 0 Å². The number of alkyl halides is 2. The van der Waals surface area contributed by atoms with E-state index >= 15 is 0 Å². The molecule has 0 aromatic heterocycles. The molecule has 1 atom stereocenters. The number of carbonyl (C=O) groups excluding carboxylic acids is 2. The Morgan fingerprint density at radius 1 is 1.48 bits per heavy atom. The summed E-state index contributed by atoms with van der Waals surface area (Å²) in [7, 11) is 0. The van der Waals surface area contributed by atoms with Crippen LogP contribution in [0.2, 0.25) is 0 Å². The predicted octanol–water partition coefficient (Wildman–Crippen LogP) is 2.05. The zero-order valence-electron chi connectivity index (χ0n) is 13.1. The van der Waals surface area contributed by atoms with Crippen molar-refractivity contribution in [3.63, 3.8) is 0 Å². The predicted molar refractivity (Wildman–Crippen MR) is 83.3 cm³/mol. The molecule has 0 radical (unpaired) electrons. The van der Waals surface area contributed by atoms with Gasteiger partial charge in [-0.2, -0.15) is 8.78 Å². The van der Waals surface area contributed by atoms with E-state index in [9.17, 15) is 18.4 Å². The molecule has 1 N–H and O–H groups in total. The van der Waals surface area contributed by atoms with Crippen molar-refractivity contribution in [2.45, 2.75) is 44.7 Å². The van der Waals surface area contributed by atoms with E-state index in [1.165, 1.54) is 0 Å². The van der Waals surface area contributed by atoms with E-state index in [1.54, 1.807) is 6.08 Å². The smallest absolute Gasteiger partial charge is 0.322 e. The normalized spacial score (nSPS) is 21.5. The summed E-state index contributed by atoms with van der Waals surface area (Å²) < 4.78 is 27.0. The number of aliphatic imine (C=N–C) groups is 1. The van der Waals surface area contributed by atoms with Crippen molar-refractivity contribution in [3.8, 4) is 0 Å². The van der Waals surface area contributed by atoms with E-state index < -0.39 is 18.0 Å². The third-order valence-corrected chi connectivity index (χ3v) is 3.83.